The molecule has 2 fully saturated rings. The van der Waals surface area contributed by atoms with Crippen molar-refractivity contribution in [3.8, 4) is 0 Å². The highest BCUT2D eigenvalue weighted by molar-refractivity contribution is 5.79. The van der Waals surface area contributed by atoms with E-state index in [2.05, 4.69) is 62.4 Å². The van der Waals surface area contributed by atoms with Gasteiger partial charge in [-0.05, 0) is 50.3 Å². The highest BCUT2D eigenvalue weighted by Crippen LogP contribution is 2.28. The van der Waals surface area contributed by atoms with Crippen LogP contribution >= 0.6 is 0 Å². The number of benzene rings is 1. The first-order valence-electron chi connectivity index (χ1n) is 11.3. The molecule has 1 N–H and O–H groups in total. The van der Waals surface area contributed by atoms with Crippen molar-refractivity contribution in [3.63, 3.8) is 0 Å². The summed E-state index contributed by atoms with van der Waals surface area (Å²) in [5.74, 6) is 1.80. The first kappa shape index (κ1) is 21.9. The van der Waals surface area contributed by atoms with Crippen molar-refractivity contribution in [3.05, 3.63) is 30.3 Å². The van der Waals surface area contributed by atoms with Gasteiger partial charge in [-0.25, -0.2) is 0 Å². The van der Waals surface area contributed by atoms with E-state index in [4.69, 9.17) is 4.74 Å². The largest absolute Gasteiger partial charge is 0.379 e. The van der Waals surface area contributed by atoms with Crippen LogP contribution in [0, 0.1) is 5.92 Å². The molecule has 0 atom stereocenters. The smallest absolute Gasteiger partial charge is 0.193 e. The predicted molar refractivity (Wildman–Crippen MR) is 122 cm³/mol. The van der Waals surface area contributed by atoms with Crippen molar-refractivity contribution in [2.24, 2.45) is 10.9 Å². The lowest BCUT2D eigenvalue weighted by Crippen LogP contribution is -2.46. The zero-order valence-electron chi connectivity index (χ0n) is 18.4. The predicted octanol–water partition coefficient (Wildman–Crippen LogP) is 2.52. The Hall–Kier alpha value is -1.79. The minimum atomic E-state index is 0.780. The number of para-hydroxylation sites is 1. The second-order valence-corrected chi connectivity index (χ2v) is 8.29. The Labute approximate surface area is 176 Å². The van der Waals surface area contributed by atoms with Crippen molar-refractivity contribution < 1.29 is 4.74 Å². The van der Waals surface area contributed by atoms with Crippen LogP contribution in [0.5, 0.6) is 0 Å². The van der Waals surface area contributed by atoms with E-state index < -0.39 is 0 Å². The van der Waals surface area contributed by atoms with E-state index in [9.17, 15) is 0 Å². The third kappa shape index (κ3) is 7.86. The van der Waals surface area contributed by atoms with Crippen LogP contribution in [0.2, 0.25) is 0 Å². The van der Waals surface area contributed by atoms with Crippen LogP contribution in [-0.2, 0) is 4.74 Å². The van der Waals surface area contributed by atoms with Gasteiger partial charge in [0, 0.05) is 65.7 Å². The molecule has 1 aromatic carbocycles. The molecule has 162 valence electrons. The van der Waals surface area contributed by atoms with E-state index in [1.807, 2.05) is 7.05 Å². The van der Waals surface area contributed by atoms with Gasteiger partial charge in [-0.3, -0.25) is 9.89 Å². The third-order valence-electron chi connectivity index (χ3n) is 5.87. The van der Waals surface area contributed by atoms with Crippen LogP contribution in [0.15, 0.2) is 35.3 Å². The molecule has 29 heavy (non-hydrogen) atoms. The van der Waals surface area contributed by atoms with Crippen molar-refractivity contribution in [2.45, 2.75) is 25.7 Å². The molecule has 1 saturated heterocycles. The molecule has 0 radical (unpaired) electrons. The molecule has 1 aromatic rings. The summed E-state index contributed by atoms with van der Waals surface area (Å²) in [5, 5.41) is 3.49. The van der Waals surface area contributed by atoms with Crippen LogP contribution in [-0.4, -0.2) is 88.9 Å². The van der Waals surface area contributed by atoms with Gasteiger partial charge in [0.25, 0.3) is 0 Å². The van der Waals surface area contributed by atoms with Crippen molar-refractivity contribution in [1.82, 2.24) is 15.1 Å². The maximum Gasteiger partial charge on any atom is 0.193 e. The standard InChI is InChI=1S/C23H39N5O/c1-24-23(26(2)18-19-29-20-21-10-11-21)25-12-6-7-13-27-14-16-28(17-15-27)22-8-4-3-5-9-22/h3-5,8-9,21H,6-7,10-20H2,1-2H3,(H,24,25). The number of hydrogen-bond acceptors (Lipinski definition) is 4. The number of ether oxygens (including phenoxy) is 1. The quantitative estimate of drug-likeness (QED) is 0.351. The minimum Gasteiger partial charge on any atom is -0.379 e. The monoisotopic (exact) mass is 401 g/mol. The van der Waals surface area contributed by atoms with E-state index in [1.165, 1.54) is 37.9 Å². The maximum absolute atomic E-state index is 5.74. The molecular formula is C23H39N5O. The molecule has 1 aliphatic heterocycles. The number of hydrogen-bond donors (Lipinski definition) is 1. The molecule has 3 rings (SSSR count). The topological polar surface area (TPSA) is 43.3 Å². The zero-order valence-corrected chi connectivity index (χ0v) is 18.4. The molecule has 2 aliphatic rings. The number of nitrogens with one attached hydrogen (secondary N) is 1. The van der Waals surface area contributed by atoms with Gasteiger partial charge < -0.3 is 19.9 Å². The lowest BCUT2D eigenvalue weighted by atomic mass is 10.2. The average molecular weight is 402 g/mol. The molecule has 6 nitrogen and oxygen atoms in total. The van der Waals surface area contributed by atoms with Gasteiger partial charge in [0.1, 0.15) is 0 Å². The number of aliphatic imine (C=N–C) groups is 1. The van der Waals surface area contributed by atoms with Gasteiger partial charge in [-0.2, -0.15) is 0 Å². The summed E-state index contributed by atoms with van der Waals surface area (Å²) in [7, 11) is 3.94. The molecule has 1 saturated carbocycles. The average Bonchev–Trinajstić information content (AvgIpc) is 3.59. The fourth-order valence-corrected chi connectivity index (χ4v) is 3.76. The summed E-state index contributed by atoms with van der Waals surface area (Å²) in [6.45, 7) is 9.34. The molecule has 1 heterocycles. The molecule has 1 aliphatic carbocycles. The van der Waals surface area contributed by atoms with Crippen molar-refractivity contribution in [2.75, 3.05) is 78.0 Å². The lowest BCUT2D eigenvalue weighted by molar-refractivity contribution is 0.115. The zero-order chi connectivity index (χ0) is 20.3. The lowest BCUT2D eigenvalue weighted by Gasteiger charge is -2.36. The van der Waals surface area contributed by atoms with Gasteiger partial charge in [0.15, 0.2) is 5.96 Å². The Kier molecular flexibility index (Phi) is 9.09. The summed E-state index contributed by atoms with van der Waals surface area (Å²) in [6.07, 6.45) is 5.09. The normalized spacial score (nSPS) is 18.1. The number of rotatable bonds is 11. The Bertz CT molecular complexity index is 597. The van der Waals surface area contributed by atoms with E-state index in [0.29, 0.717) is 0 Å². The summed E-state index contributed by atoms with van der Waals surface area (Å²) in [4.78, 5) is 11.6. The van der Waals surface area contributed by atoms with Gasteiger partial charge in [-0.1, -0.05) is 18.2 Å². The van der Waals surface area contributed by atoms with Gasteiger partial charge >= 0.3 is 0 Å². The van der Waals surface area contributed by atoms with Crippen LogP contribution in [0.4, 0.5) is 5.69 Å². The molecular weight excluding hydrogens is 362 g/mol. The van der Waals surface area contributed by atoms with Crippen LogP contribution in [0.1, 0.15) is 25.7 Å². The number of nitrogens with zero attached hydrogens (tertiary/aromatic N) is 4. The van der Waals surface area contributed by atoms with Crippen molar-refractivity contribution in [1.29, 1.82) is 0 Å². The first-order chi connectivity index (χ1) is 14.3. The van der Waals surface area contributed by atoms with Gasteiger partial charge in [0.2, 0.25) is 0 Å². The van der Waals surface area contributed by atoms with Gasteiger partial charge in [0.05, 0.1) is 6.61 Å². The third-order valence-corrected chi connectivity index (χ3v) is 5.87. The minimum absolute atomic E-state index is 0.780. The number of likely N-dealkylation sites (N-methyl/N-ethyl adjacent to an activating group) is 1. The highest BCUT2D eigenvalue weighted by Gasteiger charge is 2.21. The van der Waals surface area contributed by atoms with E-state index >= 15 is 0 Å². The number of anilines is 1. The van der Waals surface area contributed by atoms with Gasteiger partial charge in [-0.15, -0.1) is 0 Å². The molecule has 6 heteroatoms. The fraction of sp³-hybridized carbons (Fsp3) is 0.696. The maximum atomic E-state index is 5.74. The molecule has 0 amide bonds. The van der Waals surface area contributed by atoms with Crippen LogP contribution in [0.25, 0.3) is 0 Å². The molecule has 0 spiro atoms. The summed E-state index contributed by atoms with van der Waals surface area (Å²) >= 11 is 0. The summed E-state index contributed by atoms with van der Waals surface area (Å²) < 4.78 is 5.74. The van der Waals surface area contributed by atoms with Crippen LogP contribution in [0.3, 0.4) is 0 Å². The Morgan fingerprint density at radius 3 is 2.59 bits per heavy atom. The molecule has 0 aromatic heterocycles. The Morgan fingerprint density at radius 1 is 1.14 bits per heavy atom. The van der Waals surface area contributed by atoms with E-state index in [-0.39, 0.29) is 0 Å². The SMILES string of the molecule is CN=C(NCCCCN1CCN(c2ccccc2)CC1)N(C)CCOCC1CC1. The highest BCUT2D eigenvalue weighted by atomic mass is 16.5. The van der Waals surface area contributed by atoms with Crippen LogP contribution < -0.4 is 10.2 Å². The van der Waals surface area contributed by atoms with E-state index in [1.54, 1.807) is 0 Å². The summed E-state index contributed by atoms with van der Waals surface area (Å²) in [5.41, 5.74) is 1.35. The molecule has 0 unspecified atom stereocenters. The number of guanidine groups is 1. The Morgan fingerprint density at radius 2 is 1.90 bits per heavy atom. The van der Waals surface area contributed by atoms with Crippen molar-refractivity contribution >= 4 is 11.6 Å². The number of unbranched alkanes of at least 4 members (excludes halogenated alkanes) is 1. The summed E-state index contributed by atoms with van der Waals surface area (Å²) in [6, 6.07) is 10.8. The van der Waals surface area contributed by atoms with E-state index in [0.717, 1.165) is 64.4 Å². The molecule has 0 bridgehead atoms. The second-order valence-electron chi connectivity index (χ2n) is 8.29. The Balaban J connectivity index is 1.22. The first-order valence-corrected chi connectivity index (χ1v) is 11.3. The second kappa shape index (κ2) is 12.0. The fourth-order valence-electron chi connectivity index (χ4n) is 3.76. The number of piperazine rings is 1.